The summed E-state index contributed by atoms with van der Waals surface area (Å²) in [5, 5.41) is 5.51. The molecule has 0 fully saturated rings. The molecule has 1 aliphatic heterocycles. The second kappa shape index (κ2) is 4.49. The lowest BCUT2D eigenvalue weighted by atomic mass is 10.1. The van der Waals surface area contributed by atoms with Gasteiger partial charge in [-0.25, -0.2) is 8.42 Å². The standard InChI is InChI=1S/C12H11ClN2O2S2/c1-7-14-12-9(10-3-2-4-18-10)5-8(13)6-11(12)19(16,17)15-7/h2-7,14-15H,1H3. The fourth-order valence-corrected chi connectivity index (χ4v) is 4.51. The number of rotatable bonds is 1. The van der Waals surface area contributed by atoms with Crippen molar-refractivity contribution in [1.82, 2.24) is 4.72 Å². The highest BCUT2D eigenvalue weighted by Crippen LogP contribution is 2.40. The SMILES string of the molecule is CC1Nc2c(-c3cccs3)cc(Cl)cc2S(=O)(=O)N1. The summed E-state index contributed by atoms with van der Waals surface area (Å²) in [5.74, 6) is 0. The molecule has 0 saturated carbocycles. The van der Waals surface area contributed by atoms with E-state index in [9.17, 15) is 8.42 Å². The van der Waals surface area contributed by atoms with Gasteiger partial charge in [-0.15, -0.1) is 11.3 Å². The highest BCUT2D eigenvalue weighted by Gasteiger charge is 2.29. The van der Waals surface area contributed by atoms with E-state index in [1.807, 2.05) is 17.5 Å². The first-order valence-corrected chi connectivity index (χ1v) is 8.38. The lowest BCUT2D eigenvalue weighted by Crippen LogP contribution is -2.42. The molecule has 2 aromatic rings. The lowest BCUT2D eigenvalue weighted by Gasteiger charge is -2.27. The van der Waals surface area contributed by atoms with Crippen LogP contribution in [0.2, 0.25) is 5.02 Å². The molecule has 4 nitrogen and oxygen atoms in total. The topological polar surface area (TPSA) is 58.2 Å². The molecule has 100 valence electrons. The molecule has 3 rings (SSSR count). The normalized spacial score (nSPS) is 20.6. The van der Waals surface area contributed by atoms with Crippen LogP contribution < -0.4 is 10.0 Å². The zero-order valence-corrected chi connectivity index (χ0v) is 12.4. The van der Waals surface area contributed by atoms with E-state index in [0.29, 0.717) is 10.7 Å². The number of anilines is 1. The number of hydrogen-bond acceptors (Lipinski definition) is 4. The van der Waals surface area contributed by atoms with Crippen LogP contribution in [-0.4, -0.2) is 14.6 Å². The van der Waals surface area contributed by atoms with E-state index in [-0.39, 0.29) is 11.1 Å². The van der Waals surface area contributed by atoms with Crippen molar-refractivity contribution in [2.24, 2.45) is 0 Å². The minimum absolute atomic E-state index is 0.196. The van der Waals surface area contributed by atoms with Gasteiger partial charge in [0.1, 0.15) is 4.90 Å². The van der Waals surface area contributed by atoms with Crippen molar-refractivity contribution >= 4 is 38.6 Å². The van der Waals surface area contributed by atoms with Crippen LogP contribution in [-0.2, 0) is 10.0 Å². The summed E-state index contributed by atoms with van der Waals surface area (Å²) in [6.07, 6.45) is -0.350. The quantitative estimate of drug-likeness (QED) is 0.850. The Balaban J connectivity index is 2.32. The van der Waals surface area contributed by atoms with Crippen LogP contribution in [0.1, 0.15) is 6.92 Å². The molecule has 0 aliphatic carbocycles. The molecule has 1 atom stereocenters. The summed E-state index contributed by atoms with van der Waals surface area (Å²) >= 11 is 7.59. The summed E-state index contributed by atoms with van der Waals surface area (Å²) in [5.41, 5.74) is 1.42. The predicted molar refractivity (Wildman–Crippen MR) is 78.2 cm³/mol. The van der Waals surface area contributed by atoms with Crippen LogP contribution in [0.5, 0.6) is 0 Å². The van der Waals surface area contributed by atoms with E-state index in [2.05, 4.69) is 10.0 Å². The van der Waals surface area contributed by atoms with Gasteiger partial charge in [0.25, 0.3) is 0 Å². The second-order valence-corrected chi connectivity index (χ2v) is 7.36. The highest BCUT2D eigenvalue weighted by atomic mass is 35.5. The average Bonchev–Trinajstić information content (AvgIpc) is 2.82. The molecule has 1 unspecified atom stereocenters. The number of sulfonamides is 1. The molecule has 0 amide bonds. The van der Waals surface area contributed by atoms with Crippen molar-refractivity contribution in [1.29, 1.82) is 0 Å². The van der Waals surface area contributed by atoms with Gasteiger partial charge in [-0.05, 0) is 30.5 Å². The third-order valence-electron chi connectivity index (χ3n) is 2.84. The Bertz CT molecular complexity index is 726. The highest BCUT2D eigenvalue weighted by molar-refractivity contribution is 7.89. The molecule has 0 radical (unpaired) electrons. The van der Waals surface area contributed by atoms with Gasteiger partial charge in [-0.1, -0.05) is 17.7 Å². The molecule has 1 aromatic carbocycles. The number of halogens is 1. The third kappa shape index (κ3) is 2.25. The summed E-state index contributed by atoms with van der Waals surface area (Å²) < 4.78 is 26.8. The van der Waals surface area contributed by atoms with Gasteiger partial charge in [-0.2, -0.15) is 4.72 Å². The first-order chi connectivity index (χ1) is 8.97. The monoisotopic (exact) mass is 314 g/mol. The zero-order chi connectivity index (χ0) is 13.6. The Hall–Kier alpha value is -1.08. The molecule has 7 heteroatoms. The Morgan fingerprint density at radius 2 is 2.16 bits per heavy atom. The Morgan fingerprint density at radius 3 is 2.84 bits per heavy atom. The summed E-state index contributed by atoms with van der Waals surface area (Å²) in [7, 11) is -3.52. The fourth-order valence-electron chi connectivity index (χ4n) is 2.11. The van der Waals surface area contributed by atoms with Crippen LogP contribution >= 0.6 is 22.9 Å². The smallest absolute Gasteiger partial charge is 0.244 e. The third-order valence-corrected chi connectivity index (χ3v) is 5.52. The number of thiophene rings is 1. The van der Waals surface area contributed by atoms with E-state index in [1.54, 1.807) is 24.3 Å². The Morgan fingerprint density at radius 1 is 1.37 bits per heavy atom. The fraction of sp³-hybridized carbons (Fsp3) is 0.167. The van der Waals surface area contributed by atoms with Crippen molar-refractivity contribution in [2.75, 3.05) is 5.32 Å². The Labute approximate surface area is 120 Å². The summed E-state index contributed by atoms with van der Waals surface area (Å²) in [4.78, 5) is 1.18. The molecule has 1 aliphatic rings. The first-order valence-electron chi connectivity index (χ1n) is 5.64. The number of hydrogen-bond donors (Lipinski definition) is 2. The van der Waals surface area contributed by atoms with Gasteiger partial charge in [0, 0.05) is 15.5 Å². The number of fused-ring (bicyclic) bond motifs is 1. The van der Waals surface area contributed by atoms with Crippen molar-refractivity contribution < 1.29 is 8.42 Å². The van der Waals surface area contributed by atoms with E-state index in [4.69, 9.17) is 11.6 Å². The van der Waals surface area contributed by atoms with Crippen LogP contribution in [0.15, 0.2) is 34.5 Å². The van der Waals surface area contributed by atoms with Crippen LogP contribution in [0.25, 0.3) is 10.4 Å². The maximum Gasteiger partial charge on any atom is 0.244 e. The molecule has 0 spiro atoms. The molecule has 2 heterocycles. The van der Waals surface area contributed by atoms with E-state index >= 15 is 0 Å². The molecular weight excluding hydrogens is 304 g/mol. The number of nitrogens with one attached hydrogen (secondary N) is 2. The van der Waals surface area contributed by atoms with Crippen LogP contribution in [0, 0.1) is 0 Å². The van der Waals surface area contributed by atoms with Crippen molar-refractivity contribution in [3.05, 3.63) is 34.7 Å². The largest absolute Gasteiger partial charge is 0.368 e. The summed E-state index contributed by atoms with van der Waals surface area (Å²) in [6.45, 7) is 1.76. The van der Waals surface area contributed by atoms with Gasteiger partial charge in [0.05, 0.1) is 11.9 Å². The minimum atomic E-state index is -3.52. The molecule has 1 aromatic heterocycles. The maximum atomic E-state index is 12.2. The van der Waals surface area contributed by atoms with Crippen molar-refractivity contribution in [2.45, 2.75) is 18.0 Å². The first kappa shape index (κ1) is 12.9. The molecule has 2 N–H and O–H groups in total. The minimum Gasteiger partial charge on any atom is -0.368 e. The van der Waals surface area contributed by atoms with Crippen molar-refractivity contribution in [3.63, 3.8) is 0 Å². The van der Waals surface area contributed by atoms with Gasteiger partial charge in [0.15, 0.2) is 0 Å². The maximum absolute atomic E-state index is 12.2. The van der Waals surface area contributed by atoms with Crippen molar-refractivity contribution in [3.8, 4) is 10.4 Å². The van der Waals surface area contributed by atoms with Crippen LogP contribution in [0.4, 0.5) is 5.69 Å². The lowest BCUT2D eigenvalue weighted by molar-refractivity contribution is 0.566. The molecule has 19 heavy (non-hydrogen) atoms. The van der Waals surface area contributed by atoms with Crippen LogP contribution in [0.3, 0.4) is 0 Å². The van der Waals surface area contributed by atoms with Gasteiger partial charge < -0.3 is 5.32 Å². The predicted octanol–water partition coefficient (Wildman–Crippen LogP) is 3.12. The zero-order valence-electron chi connectivity index (χ0n) is 9.98. The Kier molecular flexibility index (Phi) is 3.05. The van der Waals surface area contributed by atoms with Gasteiger partial charge in [0.2, 0.25) is 10.0 Å². The van der Waals surface area contributed by atoms with Gasteiger partial charge >= 0.3 is 0 Å². The molecule has 0 bridgehead atoms. The van der Waals surface area contributed by atoms with E-state index < -0.39 is 10.0 Å². The van der Waals surface area contributed by atoms with Gasteiger partial charge in [-0.3, -0.25) is 0 Å². The second-order valence-electron chi connectivity index (χ2n) is 4.29. The average molecular weight is 315 g/mol. The molecule has 0 saturated heterocycles. The summed E-state index contributed by atoms with van der Waals surface area (Å²) in [6, 6.07) is 7.12. The number of benzene rings is 1. The van der Waals surface area contributed by atoms with E-state index in [1.165, 1.54) is 6.07 Å². The molecular formula is C12H11ClN2O2S2. The van der Waals surface area contributed by atoms with E-state index in [0.717, 1.165) is 10.4 Å².